The van der Waals surface area contributed by atoms with Crippen molar-refractivity contribution in [1.82, 2.24) is 14.8 Å². The molecule has 1 aromatic heterocycles. The molecule has 0 radical (unpaired) electrons. The third kappa shape index (κ3) is 4.18. The fourth-order valence-electron chi connectivity index (χ4n) is 2.20. The molecule has 0 fully saturated rings. The highest BCUT2D eigenvalue weighted by atomic mass is 35.5. The van der Waals surface area contributed by atoms with Crippen molar-refractivity contribution in [3.05, 3.63) is 63.1 Å². The SMILES string of the molecule is Cn1c(SCC(=O)c2ccc(Cl)c(Cl)c2)nnc1-c1cccc(Cl)c1. The lowest BCUT2D eigenvalue weighted by atomic mass is 10.1. The lowest BCUT2D eigenvalue weighted by Gasteiger charge is -2.05. The minimum absolute atomic E-state index is 0.0594. The first kappa shape index (κ1) is 18.3. The molecule has 0 aliphatic heterocycles. The second-order valence-corrected chi connectivity index (χ2v) is 7.41. The van der Waals surface area contributed by atoms with E-state index >= 15 is 0 Å². The summed E-state index contributed by atoms with van der Waals surface area (Å²) in [6, 6.07) is 12.2. The van der Waals surface area contributed by atoms with Gasteiger partial charge in [0, 0.05) is 23.2 Å². The molecule has 25 heavy (non-hydrogen) atoms. The number of hydrogen-bond donors (Lipinski definition) is 0. The van der Waals surface area contributed by atoms with Crippen LogP contribution in [0.3, 0.4) is 0 Å². The van der Waals surface area contributed by atoms with Crippen LogP contribution in [0.5, 0.6) is 0 Å². The number of nitrogens with zero attached hydrogens (tertiary/aromatic N) is 3. The number of aromatic nitrogens is 3. The standard InChI is InChI=1S/C17H12Cl3N3OS/c1-23-16(11-3-2-4-12(18)7-11)21-22-17(23)25-9-15(24)10-5-6-13(19)14(20)8-10/h2-8H,9H2,1H3. The van der Waals surface area contributed by atoms with E-state index in [0.29, 0.717) is 31.6 Å². The second-order valence-electron chi connectivity index (χ2n) is 5.22. The maximum atomic E-state index is 12.3. The normalized spacial score (nSPS) is 10.9. The number of benzene rings is 2. The zero-order valence-corrected chi connectivity index (χ0v) is 16.1. The van der Waals surface area contributed by atoms with Crippen molar-refractivity contribution in [2.75, 3.05) is 5.75 Å². The predicted molar refractivity (Wildman–Crippen MR) is 103 cm³/mol. The Morgan fingerprint density at radius 1 is 1.08 bits per heavy atom. The molecule has 128 valence electrons. The lowest BCUT2D eigenvalue weighted by molar-refractivity contribution is 0.102. The van der Waals surface area contributed by atoms with Crippen molar-refractivity contribution >= 4 is 52.3 Å². The van der Waals surface area contributed by atoms with Crippen LogP contribution in [0.2, 0.25) is 15.1 Å². The summed E-state index contributed by atoms with van der Waals surface area (Å²) in [7, 11) is 1.85. The topological polar surface area (TPSA) is 47.8 Å². The summed E-state index contributed by atoms with van der Waals surface area (Å²) in [5.41, 5.74) is 1.38. The first-order chi connectivity index (χ1) is 12.0. The van der Waals surface area contributed by atoms with Gasteiger partial charge in [0.2, 0.25) is 0 Å². The van der Waals surface area contributed by atoms with E-state index in [-0.39, 0.29) is 11.5 Å². The molecule has 3 aromatic rings. The molecule has 0 N–H and O–H groups in total. The van der Waals surface area contributed by atoms with E-state index in [4.69, 9.17) is 34.8 Å². The van der Waals surface area contributed by atoms with Crippen LogP contribution in [-0.2, 0) is 7.05 Å². The van der Waals surface area contributed by atoms with Crippen molar-refractivity contribution in [1.29, 1.82) is 0 Å². The van der Waals surface area contributed by atoms with Gasteiger partial charge < -0.3 is 4.57 Å². The van der Waals surface area contributed by atoms with E-state index in [1.165, 1.54) is 11.8 Å². The van der Waals surface area contributed by atoms with Gasteiger partial charge >= 0.3 is 0 Å². The van der Waals surface area contributed by atoms with Crippen molar-refractivity contribution in [3.63, 3.8) is 0 Å². The van der Waals surface area contributed by atoms with Gasteiger partial charge in [-0.05, 0) is 30.3 Å². The summed E-state index contributed by atoms with van der Waals surface area (Å²) in [5.74, 6) is 0.849. The number of hydrogen-bond acceptors (Lipinski definition) is 4. The Kier molecular flexibility index (Phi) is 5.69. The van der Waals surface area contributed by atoms with Gasteiger partial charge in [-0.3, -0.25) is 4.79 Å². The number of carbonyl (C=O) groups is 1. The Bertz CT molecular complexity index is 943. The summed E-state index contributed by atoms with van der Waals surface area (Å²) < 4.78 is 1.83. The Labute approximate surface area is 164 Å². The molecule has 3 rings (SSSR count). The summed E-state index contributed by atoms with van der Waals surface area (Å²) >= 11 is 19.2. The summed E-state index contributed by atoms with van der Waals surface area (Å²) in [6.07, 6.45) is 0. The van der Waals surface area contributed by atoms with Crippen LogP contribution in [-0.4, -0.2) is 26.3 Å². The van der Waals surface area contributed by atoms with Crippen LogP contribution in [0.1, 0.15) is 10.4 Å². The smallest absolute Gasteiger partial charge is 0.191 e. The largest absolute Gasteiger partial charge is 0.305 e. The van der Waals surface area contributed by atoms with E-state index in [9.17, 15) is 4.79 Å². The van der Waals surface area contributed by atoms with Crippen molar-refractivity contribution in [3.8, 4) is 11.4 Å². The molecule has 2 aromatic carbocycles. The summed E-state index contributed by atoms with van der Waals surface area (Å²) in [5, 5.41) is 10.4. The fourth-order valence-corrected chi connectivity index (χ4v) is 3.50. The molecule has 0 atom stereocenters. The lowest BCUT2D eigenvalue weighted by Crippen LogP contribution is -2.04. The predicted octanol–water partition coefficient (Wildman–Crippen LogP) is 5.42. The van der Waals surface area contributed by atoms with Gasteiger partial charge in [-0.2, -0.15) is 0 Å². The highest BCUT2D eigenvalue weighted by molar-refractivity contribution is 7.99. The number of halogens is 3. The number of Topliss-reactive ketones (excluding diaryl/α,β-unsaturated/α-hetero) is 1. The molecule has 8 heteroatoms. The van der Waals surface area contributed by atoms with E-state index in [2.05, 4.69) is 10.2 Å². The number of ketones is 1. The minimum atomic E-state index is -0.0594. The zero-order valence-electron chi connectivity index (χ0n) is 13.0. The van der Waals surface area contributed by atoms with Gasteiger partial charge in [-0.25, -0.2) is 0 Å². The minimum Gasteiger partial charge on any atom is -0.305 e. The summed E-state index contributed by atoms with van der Waals surface area (Å²) in [4.78, 5) is 12.3. The van der Waals surface area contributed by atoms with Gasteiger partial charge in [0.05, 0.1) is 15.8 Å². The fraction of sp³-hybridized carbons (Fsp3) is 0.118. The molecule has 0 bridgehead atoms. The van der Waals surface area contributed by atoms with Gasteiger partial charge in [0.25, 0.3) is 0 Å². The average Bonchev–Trinajstić information content (AvgIpc) is 2.96. The maximum absolute atomic E-state index is 12.3. The van der Waals surface area contributed by atoms with Crippen LogP contribution in [0, 0.1) is 0 Å². The number of rotatable bonds is 5. The molecule has 0 amide bonds. The maximum Gasteiger partial charge on any atom is 0.191 e. The Balaban J connectivity index is 1.74. The first-order valence-electron chi connectivity index (χ1n) is 7.22. The van der Waals surface area contributed by atoms with Crippen molar-refractivity contribution < 1.29 is 4.79 Å². The Morgan fingerprint density at radius 2 is 1.88 bits per heavy atom. The monoisotopic (exact) mass is 411 g/mol. The Hall–Kier alpha value is -1.53. The number of carbonyl (C=O) groups excluding carboxylic acids is 1. The van der Waals surface area contributed by atoms with Crippen molar-refractivity contribution in [2.24, 2.45) is 7.05 Å². The van der Waals surface area contributed by atoms with E-state index in [1.54, 1.807) is 24.3 Å². The zero-order chi connectivity index (χ0) is 18.0. The molecular formula is C17H12Cl3N3OS. The molecule has 0 spiro atoms. The van der Waals surface area contributed by atoms with Gasteiger partial charge in [-0.15, -0.1) is 10.2 Å². The molecule has 0 saturated heterocycles. The second kappa shape index (κ2) is 7.79. The van der Waals surface area contributed by atoms with Crippen LogP contribution >= 0.6 is 46.6 Å². The third-order valence-electron chi connectivity index (χ3n) is 3.49. The average molecular weight is 413 g/mol. The Morgan fingerprint density at radius 3 is 2.60 bits per heavy atom. The first-order valence-corrected chi connectivity index (χ1v) is 9.34. The van der Waals surface area contributed by atoms with Crippen LogP contribution in [0.15, 0.2) is 47.6 Å². The van der Waals surface area contributed by atoms with Gasteiger partial charge in [0.1, 0.15) is 0 Å². The molecule has 4 nitrogen and oxygen atoms in total. The molecule has 1 heterocycles. The summed E-state index contributed by atoms with van der Waals surface area (Å²) in [6.45, 7) is 0. The highest BCUT2D eigenvalue weighted by Crippen LogP contribution is 2.26. The number of thioether (sulfide) groups is 1. The van der Waals surface area contributed by atoms with E-state index < -0.39 is 0 Å². The van der Waals surface area contributed by atoms with Crippen LogP contribution in [0.25, 0.3) is 11.4 Å². The van der Waals surface area contributed by atoms with E-state index in [1.807, 2.05) is 29.8 Å². The molecule has 0 saturated carbocycles. The molecule has 0 aliphatic rings. The molecular weight excluding hydrogens is 401 g/mol. The van der Waals surface area contributed by atoms with Gasteiger partial charge in [-0.1, -0.05) is 58.7 Å². The van der Waals surface area contributed by atoms with Crippen molar-refractivity contribution in [2.45, 2.75) is 5.16 Å². The third-order valence-corrected chi connectivity index (χ3v) is 5.49. The van der Waals surface area contributed by atoms with Crippen LogP contribution in [0.4, 0.5) is 0 Å². The highest BCUT2D eigenvalue weighted by Gasteiger charge is 2.14. The van der Waals surface area contributed by atoms with Crippen LogP contribution < -0.4 is 0 Å². The molecule has 0 aliphatic carbocycles. The molecule has 0 unspecified atom stereocenters. The van der Waals surface area contributed by atoms with Gasteiger partial charge in [0.15, 0.2) is 16.8 Å². The van der Waals surface area contributed by atoms with E-state index in [0.717, 1.165) is 5.56 Å². The quantitative estimate of drug-likeness (QED) is 0.415.